The van der Waals surface area contributed by atoms with E-state index in [2.05, 4.69) is 15.5 Å². The van der Waals surface area contributed by atoms with Gasteiger partial charge in [-0.25, -0.2) is 14.3 Å². The Balaban J connectivity index is 1.52. The molecular formula is C21H13N5O4. The summed E-state index contributed by atoms with van der Waals surface area (Å²) < 4.78 is 7.96. The van der Waals surface area contributed by atoms with Gasteiger partial charge in [-0.3, -0.25) is 19.8 Å². The molecule has 0 atom stereocenters. The van der Waals surface area contributed by atoms with Gasteiger partial charge < -0.3 is 4.42 Å². The van der Waals surface area contributed by atoms with Crippen molar-refractivity contribution >= 4 is 27.9 Å². The van der Waals surface area contributed by atoms with Gasteiger partial charge in [0.2, 0.25) is 0 Å². The molecule has 0 aliphatic rings. The Hall–Kier alpha value is -4.53. The van der Waals surface area contributed by atoms with Gasteiger partial charge in [0.15, 0.2) is 16.8 Å². The van der Waals surface area contributed by atoms with Crippen LogP contribution in [0, 0.1) is 0 Å². The minimum absolute atomic E-state index is 0.217. The third-order valence-electron chi connectivity index (χ3n) is 4.57. The lowest BCUT2D eigenvalue weighted by Gasteiger charge is -2.08. The van der Waals surface area contributed by atoms with Crippen LogP contribution in [0.3, 0.4) is 0 Å². The molecule has 0 fully saturated rings. The smallest absolute Gasteiger partial charge is 0.306 e. The molecule has 2 aromatic carbocycles. The minimum Gasteiger partial charge on any atom is -0.451 e. The molecule has 5 aromatic rings. The standard InChI is InChI=1S/C21H13N5O4/c27-16-10-18(30-17-9-5-4-8-14(16)17)20(28)24-25-12-22-19-15(21(25)29)11-23-26(19)13-6-2-1-3-7-13/h1-12H,(H,24,28). The maximum Gasteiger partial charge on any atom is 0.306 e. The Kier molecular flexibility index (Phi) is 3.99. The summed E-state index contributed by atoms with van der Waals surface area (Å²) in [5.74, 6) is -0.970. The summed E-state index contributed by atoms with van der Waals surface area (Å²) in [6, 6.07) is 16.9. The van der Waals surface area contributed by atoms with Crippen LogP contribution in [0.2, 0.25) is 0 Å². The van der Waals surface area contributed by atoms with Crippen LogP contribution in [0.1, 0.15) is 10.6 Å². The normalized spacial score (nSPS) is 11.1. The van der Waals surface area contributed by atoms with E-state index in [0.717, 1.165) is 16.4 Å². The predicted molar refractivity (Wildman–Crippen MR) is 109 cm³/mol. The van der Waals surface area contributed by atoms with E-state index in [0.29, 0.717) is 11.0 Å². The Morgan fingerprint density at radius 1 is 0.967 bits per heavy atom. The van der Waals surface area contributed by atoms with Crippen molar-refractivity contribution in [2.45, 2.75) is 0 Å². The Labute approximate surface area is 167 Å². The number of nitrogens with zero attached hydrogens (tertiary/aromatic N) is 4. The van der Waals surface area contributed by atoms with E-state index in [4.69, 9.17) is 4.42 Å². The molecule has 3 heterocycles. The van der Waals surface area contributed by atoms with E-state index in [1.165, 1.54) is 17.2 Å². The molecule has 9 heteroatoms. The highest BCUT2D eigenvalue weighted by atomic mass is 16.3. The molecule has 0 saturated heterocycles. The molecule has 0 spiro atoms. The molecule has 9 nitrogen and oxygen atoms in total. The zero-order valence-electron chi connectivity index (χ0n) is 15.4. The molecule has 0 radical (unpaired) electrons. The summed E-state index contributed by atoms with van der Waals surface area (Å²) in [7, 11) is 0. The predicted octanol–water partition coefficient (Wildman–Crippen LogP) is 2.07. The fourth-order valence-electron chi connectivity index (χ4n) is 3.13. The molecule has 30 heavy (non-hydrogen) atoms. The van der Waals surface area contributed by atoms with E-state index in [-0.39, 0.29) is 22.2 Å². The number of hydrogen-bond donors (Lipinski definition) is 1. The molecular weight excluding hydrogens is 386 g/mol. The molecule has 146 valence electrons. The highest BCUT2D eigenvalue weighted by Crippen LogP contribution is 2.14. The first-order chi connectivity index (χ1) is 14.6. The third-order valence-corrected chi connectivity index (χ3v) is 4.57. The number of carbonyl (C=O) groups is 1. The average molecular weight is 399 g/mol. The van der Waals surface area contributed by atoms with E-state index in [1.54, 1.807) is 24.3 Å². The number of rotatable bonds is 3. The summed E-state index contributed by atoms with van der Waals surface area (Å²) in [5.41, 5.74) is 2.91. The Bertz CT molecular complexity index is 1530. The summed E-state index contributed by atoms with van der Waals surface area (Å²) in [5, 5.41) is 4.81. The molecule has 3 aromatic heterocycles. The lowest BCUT2D eigenvalue weighted by atomic mass is 10.2. The minimum atomic E-state index is -0.753. The van der Waals surface area contributed by atoms with Crippen molar-refractivity contribution in [2.75, 3.05) is 5.43 Å². The van der Waals surface area contributed by atoms with E-state index in [9.17, 15) is 14.4 Å². The molecule has 0 bridgehead atoms. The van der Waals surface area contributed by atoms with Crippen LogP contribution in [-0.4, -0.2) is 25.3 Å². The van der Waals surface area contributed by atoms with Gasteiger partial charge in [-0.2, -0.15) is 5.10 Å². The lowest BCUT2D eigenvalue weighted by Crippen LogP contribution is -2.33. The highest BCUT2D eigenvalue weighted by Gasteiger charge is 2.16. The second-order valence-corrected chi connectivity index (χ2v) is 6.46. The van der Waals surface area contributed by atoms with E-state index >= 15 is 0 Å². The van der Waals surface area contributed by atoms with Crippen LogP contribution in [0.5, 0.6) is 0 Å². The van der Waals surface area contributed by atoms with E-state index in [1.807, 2.05) is 30.3 Å². The number of aromatic nitrogens is 4. The molecule has 0 aliphatic heterocycles. The Morgan fingerprint density at radius 3 is 2.57 bits per heavy atom. The molecule has 0 unspecified atom stereocenters. The highest BCUT2D eigenvalue weighted by molar-refractivity contribution is 5.98. The summed E-state index contributed by atoms with van der Waals surface area (Å²) in [6.07, 6.45) is 2.57. The van der Waals surface area contributed by atoms with Gasteiger partial charge >= 0.3 is 5.91 Å². The second-order valence-electron chi connectivity index (χ2n) is 6.46. The van der Waals surface area contributed by atoms with Crippen molar-refractivity contribution in [1.29, 1.82) is 0 Å². The number of para-hydroxylation sites is 2. The van der Waals surface area contributed by atoms with Crippen molar-refractivity contribution in [2.24, 2.45) is 0 Å². The molecule has 0 saturated carbocycles. The SMILES string of the molecule is O=C(Nn1cnc2c(cnn2-c2ccccc2)c1=O)c1cc(=O)c2ccccc2o1. The first-order valence-electron chi connectivity index (χ1n) is 8.97. The maximum atomic E-state index is 12.8. The number of carbonyl (C=O) groups excluding carboxylic acids is 1. The van der Waals surface area contributed by atoms with Crippen LogP contribution in [0.25, 0.3) is 27.7 Å². The first-order valence-corrected chi connectivity index (χ1v) is 8.97. The van der Waals surface area contributed by atoms with Crippen molar-refractivity contribution in [3.8, 4) is 5.69 Å². The van der Waals surface area contributed by atoms with Gasteiger partial charge in [0.1, 0.15) is 17.3 Å². The van der Waals surface area contributed by atoms with Crippen LogP contribution in [-0.2, 0) is 0 Å². The average Bonchev–Trinajstić information content (AvgIpc) is 3.21. The number of hydrogen-bond acceptors (Lipinski definition) is 6. The Morgan fingerprint density at radius 2 is 1.73 bits per heavy atom. The van der Waals surface area contributed by atoms with Crippen LogP contribution < -0.4 is 16.4 Å². The zero-order chi connectivity index (χ0) is 20.7. The monoisotopic (exact) mass is 399 g/mol. The van der Waals surface area contributed by atoms with Gasteiger partial charge in [-0.15, -0.1) is 0 Å². The number of benzene rings is 2. The zero-order valence-corrected chi connectivity index (χ0v) is 15.4. The van der Waals surface area contributed by atoms with Crippen molar-refractivity contribution in [3.63, 3.8) is 0 Å². The van der Waals surface area contributed by atoms with Crippen molar-refractivity contribution in [3.05, 3.63) is 99.5 Å². The quantitative estimate of drug-likeness (QED) is 0.497. The number of fused-ring (bicyclic) bond motifs is 2. The van der Waals surface area contributed by atoms with Crippen LogP contribution in [0.4, 0.5) is 0 Å². The topological polar surface area (TPSA) is 112 Å². The van der Waals surface area contributed by atoms with Gasteiger partial charge in [0, 0.05) is 6.07 Å². The third kappa shape index (κ3) is 2.85. The van der Waals surface area contributed by atoms with E-state index < -0.39 is 11.5 Å². The largest absolute Gasteiger partial charge is 0.451 e. The molecule has 1 amide bonds. The van der Waals surface area contributed by atoms with Crippen LogP contribution >= 0.6 is 0 Å². The van der Waals surface area contributed by atoms with Crippen molar-refractivity contribution < 1.29 is 9.21 Å². The summed E-state index contributed by atoms with van der Waals surface area (Å²) in [6.45, 7) is 0. The second kappa shape index (κ2) is 6.82. The van der Waals surface area contributed by atoms with Gasteiger partial charge in [-0.05, 0) is 24.3 Å². The lowest BCUT2D eigenvalue weighted by molar-refractivity contribution is 0.0981. The van der Waals surface area contributed by atoms with Gasteiger partial charge in [0.05, 0.1) is 17.3 Å². The summed E-state index contributed by atoms with van der Waals surface area (Å²) in [4.78, 5) is 41.8. The fraction of sp³-hybridized carbons (Fsp3) is 0. The number of nitrogens with one attached hydrogen (secondary N) is 1. The van der Waals surface area contributed by atoms with Gasteiger partial charge in [-0.1, -0.05) is 30.3 Å². The summed E-state index contributed by atoms with van der Waals surface area (Å²) >= 11 is 0. The van der Waals surface area contributed by atoms with Crippen LogP contribution in [0.15, 0.2) is 87.2 Å². The van der Waals surface area contributed by atoms with Gasteiger partial charge in [0.25, 0.3) is 5.56 Å². The molecule has 5 rings (SSSR count). The number of amides is 1. The maximum absolute atomic E-state index is 12.8. The fourth-order valence-corrected chi connectivity index (χ4v) is 3.13. The first kappa shape index (κ1) is 17.6. The van der Waals surface area contributed by atoms with Crippen molar-refractivity contribution in [1.82, 2.24) is 19.4 Å². The molecule has 0 aliphatic carbocycles. The molecule has 1 N–H and O–H groups in total.